The first-order chi connectivity index (χ1) is 13.6. The highest BCUT2D eigenvalue weighted by Crippen LogP contribution is 2.27. The molecule has 0 aromatic heterocycles. The van der Waals surface area contributed by atoms with Crippen molar-refractivity contribution in [2.24, 2.45) is 0 Å². The fraction of sp³-hybridized carbons (Fsp3) is 0.240. The number of hydrogen-bond donors (Lipinski definition) is 1. The minimum Gasteiger partial charge on any atom is -0.378 e. The Hall–Kier alpha value is -3.07. The van der Waals surface area contributed by atoms with Crippen LogP contribution in [0.5, 0.6) is 0 Å². The quantitative estimate of drug-likeness (QED) is 0.625. The number of rotatable bonds is 8. The number of anilines is 1. The summed E-state index contributed by atoms with van der Waals surface area (Å²) in [6.45, 7) is 0.649. The molecule has 0 radical (unpaired) electrons. The molecule has 0 aliphatic rings. The molecule has 1 amide bonds. The lowest BCUT2D eigenvalue weighted by Crippen LogP contribution is -2.27. The Morgan fingerprint density at radius 3 is 1.86 bits per heavy atom. The molecule has 0 spiro atoms. The van der Waals surface area contributed by atoms with Crippen molar-refractivity contribution in [1.29, 1.82) is 0 Å². The third kappa shape index (κ3) is 5.46. The van der Waals surface area contributed by atoms with Gasteiger partial charge in [0.15, 0.2) is 0 Å². The number of nitrogens with one attached hydrogen (secondary N) is 1. The van der Waals surface area contributed by atoms with Crippen LogP contribution in [-0.4, -0.2) is 26.5 Å². The Balaban J connectivity index is 1.58. The van der Waals surface area contributed by atoms with Crippen LogP contribution in [0, 0.1) is 0 Å². The summed E-state index contributed by atoms with van der Waals surface area (Å²) in [7, 11) is 4.07. The maximum absolute atomic E-state index is 12.6. The van der Waals surface area contributed by atoms with E-state index in [2.05, 4.69) is 58.7 Å². The maximum atomic E-state index is 12.6. The lowest BCUT2D eigenvalue weighted by molar-refractivity contribution is -0.121. The number of amides is 1. The third-order valence-electron chi connectivity index (χ3n) is 4.98. The molecule has 1 N–H and O–H groups in total. The molecule has 0 fully saturated rings. The highest BCUT2D eigenvalue weighted by atomic mass is 16.1. The number of carbonyl (C=O) groups is 1. The fourth-order valence-electron chi connectivity index (χ4n) is 3.36. The average Bonchev–Trinajstić information content (AvgIpc) is 2.73. The molecule has 3 aromatic rings. The molecular formula is C25H28N2O. The van der Waals surface area contributed by atoms with Gasteiger partial charge in [0.1, 0.15) is 0 Å². The summed E-state index contributed by atoms with van der Waals surface area (Å²) in [5, 5.41) is 3.09. The molecule has 3 nitrogen and oxygen atoms in total. The van der Waals surface area contributed by atoms with Gasteiger partial charge in [-0.2, -0.15) is 0 Å². The summed E-state index contributed by atoms with van der Waals surface area (Å²) < 4.78 is 0. The predicted octanol–water partition coefficient (Wildman–Crippen LogP) is 4.63. The zero-order valence-corrected chi connectivity index (χ0v) is 16.6. The first-order valence-electron chi connectivity index (χ1n) is 9.76. The first kappa shape index (κ1) is 19.7. The van der Waals surface area contributed by atoms with Crippen molar-refractivity contribution < 1.29 is 4.79 Å². The van der Waals surface area contributed by atoms with Crippen LogP contribution in [-0.2, 0) is 11.2 Å². The molecule has 3 heteroatoms. The van der Waals surface area contributed by atoms with E-state index in [1.165, 1.54) is 22.4 Å². The molecule has 144 valence electrons. The molecule has 0 bridgehead atoms. The van der Waals surface area contributed by atoms with Gasteiger partial charge >= 0.3 is 0 Å². The van der Waals surface area contributed by atoms with E-state index < -0.39 is 0 Å². The molecule has 0 saturated carbocycles. The minimum atomic E-state index is 0.0711. The van der Waals surface area contributed by atoms with E-state index in [0.29, 0.717) is 13.0 Å². The summed E-state index contributed by atoms with van der Waals surface area (Å²) >= 11 is 0. The molecule has 3 aromatic carbocycles. The Kier molecular flexibility index (Phi) is 6.85. The lowest BCUT2D eigenvalue weighted by Gasteiger charge is -2.18. The highest BCUT2D eigenvalue weighted by Gasteiger charge is 2.17. The van der Waals surface area contributed by atoms with Crippen LogP contribution in [0.25, 0.3) is 0 Å². The van der Waals surface area contributed by atoms with Gasteiger partial charge in [0.25, 0.3) is 0 Å². The van der Waals surface area contributed by atoms with Gasteiger partial charge in [-0.3, -0.25) is 4.79 Å². The van der Waals surface area contributed by atoms with E-state index in [4.69, 9.17) is 0 Å². The van der Waals surface area contributed by atoms with Crippen molar-refractivity contribution in [1.82, 2.24) is 5.32 Å². The largest absolute Gasteiger partial charge is 0.378 e. The van der Waals surface area contributed by atoms with Crippen LogP contribution in [0.4, 0.5) is 5.69 Å². The maximum Gasteiger partial charge on any atom is 0.220 e. The number of nitrogens with zero attached hydrogens (tertiary/aromatic N) is 1. The highest BCUT2D eigenvalue weighted by molar-refractivity contribution is 5.77. The average molecular weight is 373 g/mol. The van der Waals surface area contributed by atoms with Crippen molar-refractivity contribution in [2.75, 3.05) is 25.5 Å². The van der Waals surface area contributed by atoms with Gasteiger partial charge < -0.3 is 10.2 Å². The van der Waals surface area contributed by atoms with Crippen molar-refractivity contribution in [2.45, 2.75) is 18.8 Å². The topological polar surface area (TPSA) is 32.3 Å². The van der Waals surface area contributed by atoms with Crippen molar-refractivity contribution in [3.8, 4) is 0 Å². The molecule has 3 rings (SSSR count). The molecule has 0 atom stereocenters. The van der Waals surface area contributed by atoms with Gasteiger partial charge in [-0.25, -0.2) is 0 Å². The summed E-state index contributed by atoms with van der Waals surface area (Å²) in [5.41, 5.74) is 4.75. The van der Waals surface area contributed by atoms with Crippen LogP contribution in [0.15, 0.2) is 84.9 Å². The van der Waals surface area contributed by atoms with Gasteiger partial charge in [-0.15, -0.1) is 0 Å². The smallest absolute Gasteiger partial charge is 0.220 e. The molecule has 0 aliphatic carbocycles. The normalized spacial score (nSPS) is 10.7. The first-order valence-corrected chi connectivity index (χ1v) is 9.76. The van der Waals surface area contributed by atoms with E-state index in [9.17, 15) is 4.79 Å². The second-order valence-corrected chi connectivity index (χ2v) is 7.24. The summed E-state index contributed by atoms with van der Waals surface area (Å²) in [5.74, 6) is 0.157. The van der Waals surface area contributed by atoms with Crippen LogP contribution in [0.2, 0.25) is 0 Å². The zero-order chi connectivity index (χ0) is 19.8. The number of carbonyl (C=O) groups excluding carboxylic acids is 1. The second-order valence-electron chi connectivity index (χ2n) is 7.24. The number of hydrogen-bond acceptors (Lipinski definition) is 2. The zero-order valence-electron chi connectivity index (χ0n) is 16.6. The van der Waals surface area contributed by atoms with Gasteiger partial charge in [-0.05, 0) is 35.2 Å². The van der Waals surface area contributed by atoms with Crippen molar-refractivity contribution in [3.63, 3.8) is 0 Å². The molecule has 28 heavy (non-hydrogen) atoms. The Bertz CT molecular complexity index is 819. The number of benzene rings is 3. The van der Waals surface area contributed by atoms with E-state index in [1.807, 2.05) is 50.5 Å². The summed E-state index contributed by atoms with van der Waals surface area (Å²) in [4.78, 5) is 14.7. The van der Waals surface area contributed by atoms with E-state index in [0.717, 1.165) is 6.42 Å². The van der Waals surface area contributed by atoms with E-state index in [1.54, 1.807) is 0 Å². The van der Waals surface area contributed by atoms with Crippen LogP contribution in [0.1, 0.15) is 29.0 Å². The molecule has 0 heterocycles. The van der Waals surface area contributed by atoms with Gasteiger partial charge in [0.2, 0.25) is 5.91 Å². The minimum absolute atomic E-state index is 0.0711. The summed E-state index contributed by atoms with van der Waals surface area (Å²) in [6.07, 6.45) is 1.29. The molecular weight excluding hydrogens is 344 g/mol. The monoisotopic (exact) mass is 372 g/mol. The van der Waals surface area contributed by atoms with Gasteiger partial charge in [-0.1, -0.05) is 72.8 Å². The van der Waals surface area contributed by atoms with Gasteiger partial charge in [0.05, 0.1) is 0 Å². The van der Waals surface area contributed by atoms with Crippen LogP contribution >= 0.6 is 0 Å². The Morgan fingerprint density at radius 1 is 0.821 bits per heavy atom. The van der Waals surface area contributed by atoms with Gasteiger partial charge in [0, 0.05) is 38.7 Å². The predicted molar refractivity (Wildman–Crippen MR) is 117 cm³/mol. The van der Waals surface area contributed by atoms with Crippen LogP contribution in [0.3, 0.4) is 0 Å². The molecule has 0 saturated heterocycles. The van der Waals surface area contributed by atoms with E-state index >= 15 is 0 Å². The Morgan fingerprint density at radius 2 is 1.36 bits per heavy atom. The molecule has 0 aliphatic heterocycles. The third-order valence-corrected chi connectivity index (χ3v) is 4.98. The summed E-state index contributed by atoms with van der Waals surface area (Å²) in [6, 6.07) is 29.0. The second kappa shape index (κ2) is 9.75. The Labute approximate surface area is 168 Å². The fourth-order valence-corrected chi connectivity index (χ4v) is 3.36. The SMILES string of the molecule is CN(C)c1ccc(CCNC(=O)CC(c2ccccc2)c2ccccc2)cc1. The van der Waals surface area contributed by atoms with Crippen molar-refractivity contribution in [3.05, 3.63) is 102 Å². The standard InChI is InChI=1S/C25H28N2O/c1-27(2)23-15-13-20(14-16-23)17-18-26-25(28)19-24(21-9-5-3-6-10-21)22-11-7-4-8-12-22/h3-16,24H,17-19H2,1-2H3,(H,26,28). The van der Waals surface area contributed by atoms with Crippen molar-refractivity contribution >= 4 is 11.6 Å². The lowest BCUT2D eigenvalue weighted by atomic mass is 9.88. The van der Waals surface area contributed by atoms with Crippen LogP contribution < -0.4 is 10.2 Å². The molecule has 0 unspecified atom stereocenters. The van der Waals surface area contributed by atoms with E-state index in [-0.39, 0.29) is 11.8 Å².